The number of ether oxygens (including phenoxy) is 3. The summed E-state index contributed by atoms with van der Waals surface area (Å²) in [5.74, 6) is -1.50. The smallest absolute Gasteiger partial charge is 0.394 e. The van der Waals surface area contributed by atoms with E-state index in [2.05, 4.69) is 152 Å². The number of rotatable bonds is 43. The number of nitrogens with one attached hydrogen (secondary N) is 2. The molecule has 2 rings (SSSR count). The van der Waals surface area contributed by atoms with E-state index in [0.717, 1.165) is 135 Å². The summed E-state index contributed by atoms with van der Waals surface area (Å²) in [4.78, 5) is 45.1. The normalized spacial score (nSPS) is 25.1. The molecule has 2 heterocycles. The van der Waals surface area contributed by atoms with Gasteiger partial charge in [0.15, 0.2) is 12.6 Å². The molecule has 19 nitrogen and oxygen atoms in total. The lowest BCUT2D eigenvalue weighted by molar-refractivity contribution is -0.325. The SMILES string of the molecule is CC(=O)N[C@@H]1[C@H](O[C@H]2[C@H](O)[C@@H](NC(C)=O)[C@@H](OP(=O)(O)OP(=O)(O)OC/C=C(/C)CC/C=C(/C)CC/C=C(/C)CC/C=C(/C)CC/C=C(/C)CC/C=C(/C)CC/C=C(/C)CC/C=C(/C)CC/C=C(\C)CC/C=C(\C)CCC=C(C)C)O[C@@H]2CO)O[C@H](CO)[C@@H](O)[C@@H]1O. The van der Waals surface area contributed by atoms with Crippen molar-refractivity contribution in [1.29, 1.82) is 0 Å². The summed E-state index contributed by atoms with van der Waals surface area (Å²) in [5.41, 5.74) is 15.1. The molecule has 0 aromatic carbocycles. The first-order valence-corrected chi connectivity index (χ1v) is 36.0. The average molecular weight is 1330 g/mol. The molecule has 0 saturated carbocycles. The minimum Gasteiger partial charge on any atom is -0.394 e. The van der Waals surface area contributed by atoms with Gasteiger partial charge in [-0.25, -0.2) is 9.13 Å². The number of hydrogen-bond acceptors (Lipinski definition) is 15. The van der Waals surface area contributed by atoms with Gasteiger partial charge < -0.3 is 60.2 Å². The molecule has 2 aliphatic heterocycles. The molecule has 0 aromatic heterocycles. The minimum absolute atomic E-state index is 0.478. The van der Waals surface area contributed by atoms with Crippen LogP contribution in [0.4, 0.5) is 0 Å². The number of phosphoric ester groups is 2. The monoisotopic (exact) mass is 1330 g/mol. The van der Waals surface area contributed by atoms with Crippen molar-refractivity contribution in [2.24, 2.45) is 0 Å². The second-order valence-electron chi connectivity index (χ2n) is 25.6. The Balaban J connectivity index is 1.71. The fourth-order valence-corrected chi connectivity index (χ4v) is 12.7. The van der Waals surface area contributed by atoms with Crippen LogP contribution in [0.1, 0.15) is 225 Å². The Kier molecular flexibility index (Phi) is 41.6. The lowest BCUT2D eigenvalue weighted by Crippen LogP contribution is -2.69. The number of carbonyl (C=O) groups is 2. The van der Waals surface area contributed by atoms with Crippen LogP contribution in [-0.2, 0) is 46.3 Å². The number of hydrogen-bond donors (Lipinski definition) is 9. The van der Waals surface area contributed by atoms with E-state index < -0.39 is 109 Å². The molecule has 524 valence electrons. The molecule has 0 aromatic rings. The van der Waals surface area contributed by atoms with Crippen molar-refractivity contribution in [3.8, 4) is 0 Å². The van der Waals surface area contributed by atoms with Gasteiger partial charge in [0, 0.05) is 13.8 Å². The van der Waals surface area contributed by atoms with Crippen LogP contribution in [-0.4, -0.2) is 128 Å². The maximum absolute atomic E-state index is 13.1. The van der Waals surface area contributed by atoms with Crippen molar-refractivity contribution in [2.45, 2.75) is 287 Å². The van der Waals surface area contributed by atoms with Gasteiger partial charge in [-0.1, -0.05) is 128 Å². The van der Waals surface area contributed by atoms with Gasteiger partial charge >= 0.3 is 15.6 Å². The molecule has 2 saturated heterocycles. The van der Waals surface area contributed by atoms with Crippen LogP contribution in [0, 0.1) is 0 Å². The maximum Gasteiger partial charge on any atom is 0.483 e. The first kappa shape index (κ1) is 84.1. The van der Waals surface area contributed by atoms with Crippen LogP contribution >= 0.6 is 15.6 Å². The van der Waals surface area contributed by atoms with Gasteiger partial charge in [0.1, 0.15) is 48.7 Å². The van der Waals surface area contributed by atoms with Crippen molar-refractivity contribution in [3.63, 3.8) is 0 Å². The van der Waals surface area contributed by atoms with E-state index in [4.69, 9.17) is 23.3 Å². The van der Waals surface area contributed by atoms with E-state index in [-0.39, 0.29) is 0 Å². The lowest BCUT2D eigenvalue weighted by Gasteiger charge is -2.48. The summed E-state index contributed by atoms with van der Waals surface area (Å²) in [6.45, 7) is 26.1. The maximum atomic E-state index is 13.1. The van der Waals surface area contributed by atoms with Crippen molar-refractivity contribution in [1.82, 2.24) is 10.6 Å². The quantitative estimate of drug-likeness (QED) is 0.0203. The van der Waals surface area contributed by atoms with Crippen LogP contribution in [0.15, 0.2) is 128 Å². The van der Waals surface area contributed by atoms with Crippen LogP contribution in [0.3, 0.4) is 0 Å². The molecule has 2 aliphatic rings. The summed E-state index contributed by atoms with van der Waals surface area (Å²) in [7, 11) is -10.9. The zero-order valence-corrected chi connectivity index (χ0v) is 59.8. The summed E-state index contributed by atoms with van der Waals surface area (Å²) < 4.78 is 57.4. The number of aliphatic hydroxyl groups excluding tert-OH is 5. The lowest BCUT2D eigenvalue weighted by atomic mass is 9.94. The molecule has 12 atom stereocenters. The summed E-state index contributed by atoms with van der Waals surface area (Å²) in [6.07, 6.45) is 32.0. The molecule has 2 amide bonds. The van der Waals surface area contributed by atoms with Crippen molar-refractivity contribution in [2.75, 3.05) is 19.8 Å². The van der Waals surface area contributed by atoms with E-state index in [9.17, 15) is 54.0 Å². The Morgan fingerprint density at radius 3 is 1.00 bits per heavy atom. The predicted octanol–water partition coefficient (Wildman–Crippen LogP) is 14.4. The summed E-state index contributed by atoms with van der Waals surface area (Å²) in [6, 6.07) is -3.26. The number of amides is 2. The van der Waals surface area contributed by atoms with Gasteiger partial charge in [0.25, 0.3) is 0 Å². The van der Waals surface area contributed by atoms with Gasteiger partial charge in [-0.2, -0.15) is 4.31 Å². The van der Waals surface area contributed by atoms with Gasteiger partial charge in [0.2, 0.25) is 11.8 Å². The zero-order valence-electron chi connectivity index (χ0n) is 58.0. The Hall–Kier alpha value is -3.98. The first-order valence-electron chi connectivity index (χ1n) is 33.0. The highest BCUT2D eigenvalue weighted by atomic mass is 31.3. The average Bonchev–Trinajstić information content (AvgIpc) is 0.781. The van der Waals surface area contributed by atoms with Gasteiger partial charge in [-0.3, -0.25) is 18.6 Å². The van der Waals surface area contributed by atoms with Crippen LogP contribution < -0.4 is 10.6 Å². The number of allylic oxidation sites excluding steroid dienone is 21. The third-order valence-corrected chi connectivity index (χ3v) is 18.9. The Morgan fingerprint density at radius 1 is 0.402 bits per heavy atom. The highest BCUT2D eigenvalue weighted by Crippen LogP contribution is 2.61. The van der Waals surface area contributed by atoms with Crippen LogP contribution in [0.2, 0.25) is 0 Å². The molecule has 21 heteroatoms. The molecule has 92 heavy (non-hydrogen) atoms. The van der Waals surface area contributed by atoms with Crippen LogP contribution in [0.25, 0.3) is 0 Å². The number of aliphatic hydroxyl groups is 5. The molecular formula is C71H118N2O17P2. The molecule has 2 fully saturated rings. The second-order valence-corrected chi connectivity index (χ2v) is 28.6. The number of phosphoric acid groups is 2. The molecule has 2 unspecified atom stereocenters. The molecule has 9 N–H and O–H groups in total. The molecule has 0 aliphatic carbocycles. The van der Waals surface area contributed by atoms with Crippen LogP contribution in [0.5, 0.6) is 0 Å². The van der Waals surface area contributed by atoms with E-state index in [0.29, 0.717) is 12.8 Å². The van der Waals surface area contributed by atoms with E-state index >= 15 is 0 Å². The number of carbonyl (C=O) groups excluding carboxylic acids is 2. The second kappa shape index (κ2) is 45.5. The topological polar surface area (TPSA) is 289 Å². The third-order valence-electron chi connectivity index (χ3n) is 16.3. The first-order chi connectivity index (χ1) is 43.3. The molecule has 0 radical (unpaired) electrons. The highest BCUT2D eigenvalue weighted by molar-refractivity contribution is 7.61. The minimum atomic E-state index is -5.63. The summed E-state index contributed by atoms with van der Waals surface area (Å²) in [5, 5.41) is 57.0. The fraction of sp³-hybridized carbons (Fsp3) is 0.662. The van der Waals surface area contributed by atoms with Crippen molar-refractivity contribution < 1.29 is 81.6 Å². The standard InChI is InChI=1S/C71H118N2O17P2/c1-49(2)25-15-26-50(3)27-16-28-51(4)29-17-30-52(5)31-18-32-53(6)33-19-34-54(7)35-20-36-55(8)37-21-38-56(9)39-22-40-57(10)41-23-42-58(11)43-24-44-59(12)45-46-85-91(81,82)90-92(83,84)89-71-65(73-61(14)77)68(80)69(63(48-75)87-71)88-70-64(72-60(13)76)67(79)66(78)62(47-74)86-70/h25,27,29,31,33,35,37,39,41,43,45,62-71,74-75,78-80H,15-24,26,28,30,32,34,36,38,40,42,44,46-48H2,1-14H3,(H,72,76)(H,73,77)(H,81,82)(H,83,84)/b50-27+,51-29+,52-31-,53-33-,54-35-,55-37-,56-39-,57-41-,58-43-,59-45-/t62-,63-,64+,65-,66-,67-,68-,69-,70+,71-/m1/s1. The third kappa shape index (κ3) is 36.8. The summed E-state index contributed by atoms with van der Waals surface area (Å²) >= 11 is 0. The predicted molar refractivity (Wildman–Crippen MR) is 367 cm³/mol. The van der Waals surface area contributed by atoms with E-state index in [1.54, 1.807) is 6.92 Å². The van der Waals surface area contributed by atoms with Gasteiger partial charge in [-0.15, -0.1) is 0 Å². The zero-order chi connectivity index (χ0) is 69.0. The highest BCUT2D eigenvalue weighted by Gasteiger charge is 2.53. The van der Waals surface area contributed by atoms with Gasteiger partial charge in [0.05, 0.1) is 19.8 Å². The van der Waals surface area contributed by atoms with Crippen molar-refractivity contribution >= 4 is 27.5 Å². The van der Waals surface area contributed by atoms with E-state index in [1.165, 1.54) is 61.8 Å². The molecular weight excluding hydrogens is 1210 g/mol. The molecule has 0 bridgehead atoms. The Bertz CT molecular complexity index is 2710. The fourth-order valence-electron chi connectivity index (χ4n) is 10.6. The molecule has 0 spiro atoms. The largest absolute Gasteiger partial charge is 0.483 e. The Morgan fingerprint density at radius 2 is 0.696 bits per heavy atom. The van der Waals surface area contributed by atoms with Crippen molar-refractivity contribution in [3.05, 3.63) is 128 Å². The van der Waals surface area contributed by atoms with Gasteiger partial charge in [-0.05, 0) is 212 Å². The Labute approximate surface area is 551 Å². The van der Waals surface area contributed by atoms with E-state index in [1.807, 2.05) is 0 Å².